The Kier molecular flexibility index (Phi) is 6.22. The maximum Gasteiger partial charge on any atom is 1.00 e. The number of hydrogen-bond acceptors (Lipinski definition) is 4. The number of halogens is 2. The molecule has 0 saturated carbocycles. The first-order valence-electron chi connectivity index (χ1n) is 5.87. The van der Waals surface area contributed by atoms with Crippen LogP contribution in [0.25, 0.3) is 11.1 Å². The Bertz CT molecular complexity index is 731. The van der Waals surface area contributed by atoms with E-state index in [1.165, 1.54) is 18.2 Å². The molecule has 108 valence electrons. The molecule has 0 heterocycles. The minimum Gasteiger partial charge on any atom is -0.545 e. The summed E-state index contributed by atoms with van der Waals surface area (Å²) < 4.78 is 31.3. The van der Waals surface area contributed by atoms with Crippen molar-refractivity contribution < 1.29 is 57.8 Å². The van der Waals surface area contributed by atoms with Crippen molar-refractivity contribution in [3.05, 3.63) is 53.6 Å². The van der Waals surface area contributed by atoms with Crippen molar-refractivity contribution in [1.82, 2.24) is 0 Å². The Morgan fingerprint density at radius 1 is 1.09 bits per heavy atom. The molecular formula is C15H9F2NaO4. The van der Waals surface area contributed by atoms with Gasteiger partial charge < -0.3 is 14.6 Å². The molecule has 2 aromatic rings. The molecule has 2 rings (SSSR count). The molecule has 0 spiro atoms. The quantitative estimate of drug-likeness (QED) is 0.411. The molecule has 2 aromatic carbocycles. The van der Waals surface area contributed by atoms with Crippen LogP contribution in [-0.4, -0.2) is 11.9 Å². The summed E-state index contributed by atoms with van der Waals surface area (Å²) in [5.41, 5.74) is -0.178. The van der Waals surface area contributed by atoms with Crippen LogP contribution in [0.15, 0.2) is 36.4 Å². The third-order valence-electron chi connectivity index (χ3n) is 2.70. The second-order valence-corrected chi connectivity index (χ2v) is 4.22. The number of esters is 1. The molecule has 0 amide bonds. The maximum atomic E-state index is 13.7. The van der Waals surface area contributed by atoms with Crippen LogP contribution in [0.4, 0.5) is 8.78 Å². The van der Waals surface area contributed by atoms with Gasteiger partial charge in [-0.25, -0.2) is 8.78 Å². The first-order chi connectivity index (χ1) is 9.88. The molecule has 0 aliphatic carbocycles. The summed E-state index contributed by atoms with van der Waals surface area (Å²) in [5, 5.41) is 11.1. The fourth-order valence-corrected chi connectivity index (χ4v) is 1.82. The monoisotopic (exact) mass is 314 g/mol. The van der Waals surface area contributed by atoms with Gasteiger partial charge in [-0.2, -0.15) is 0 Å². The third-order valence-corrected chi connectivity index (χ3v) is 2.70. The van der Waals surface area contributed by atoms with E-state index in [1.54, 1.807) is 0 Å². The smallest absolute Gasteiger partial charge is 0.545 e. The summed E-state index contributed by atoms with van der Waals surface area (Å²) in [7, 11) is 0. The Morgan fingerprint density at radius 2 is 1.77 bits per heavy atom. The summed E-state index contributed by atoms with van der Waals surface area (Å²) in [5.74, 6) is -4.05. The minimum atomic E-state index is -1.57. The predicted octanol–water partition coefficient (Wildman–Crippen LogP) is -1.08. The van der Waals surface area contributed by atoms with E-state index in [2.05, 4.69) is 0 Å². The van der Waals surface area contributed by atoms with Gasteiger partial charge in [0.05, 0.1) is 5.97 Å². The first kappa shape index (κ1) is 18.3. The van der Waals surface area contributed by atoms with Crippen molar-refractivity contribution in [2.75, 3.05) is 0 Å². The molecule has 0 aliphatic heterocycles. The van der Waals surface area contributed by atoms with E-state index >= 15 is 0 Å². The molecule has 0 radical (unpaired) electrons. The van der Waals surface area contributed by atoms with E-state index in [1.807, 2.05) is 0 Å². The van der Waals surface area contributed by atoms with Crippen LogP contribution in [0.1, 0.15) is 17.3 Å². The van der Waals surface area contributed by atoms with Crippen LogP contribution in [0.2, 0.25) is 0 Å². The van der Waals surface area contributed by atoms with E-state index in [4.69, 9.17) is 4.74 Å². The summed E-state index contributed by atoms with van der Waals surface area (Å²) >= 11 is 0. The minimum absolute atomic E-state index is 0. The molecule has 22 heavy (non-hydrogen) atoms. The number of hydrogen-bond donors (Lipinski definition) is 0. The van der Waals surface area contributed by atoms with E-state index in [9.17, 15) is 23.5 Å². The summed E-state index contributed by atoms with van der Waals surface area (Å²) in [6, 6.07) is 6.60. The van der Waals surface area contributed by atoms with Gasteiger partial charge in [-0.05, 0) is 29.8 Å². The third kappa shape index (κ3) is 4.13. The fraction of sp³-hybridized carbons (Fsp3) is 0.0667. The van der Waals surface area contributed by atoms with Crippen molar-refractivity contribution in [1.29, 1.82) is 0 Å². The number of benzene rings is 2. The van der Waals surface area contributed by atoms with Crippen molar-refractivity contribution in [3.8, 4) is 16.9 Å². The average molecular weight is 314 g/mol. The van der Waals surface area contributed by atoms with Gasteiger partial charge in [0.15, 0.2) is 0 Å². The van der Waals surface area contributed by atoms with Crippen molar-refractivity contribution in [3.63, 3.8) is 0 Å². The van der Waals surface area contributed by atoms with E-state index < -0.39 is 29.1 Å². The number of carbonyl (C=O) groups excluding carboxylic acids is 2. The summed E-state index contributed by atoms with van der Waals surface area (Å²) in [6.07, 6.45) is 0. The van der Waals surface area contributed by atoms with E-state index in [-0.39, 0.29) is 46.4 Å². The Morgan fingerprint density at radius 3 is 2.32 bits per heavy atom. The second kappa shape index (κ2) is 7.49. The van der Waals surface area contributed by atoms with Crippen LogP contribution in [0.3, 0.4) is 0 Å². The van der Waals surface area contributed by atoms with Gasteiger partial charge in [-0.15, -0.1) is 0 Å². The Hall–Kier alpha value is -1.76. The fourth-order valence-electron chi connectivity index (χ4n) is 1.82. The van der Waals surface area contributed by atoms with Gasteiger partial charge in [0.1, 0.15) is 17.4 Å². The number of aromatic carboxylic acids is 1. The number of carbonyl (C=O) groups is 2. The Balaban J connectivity index is 0.00000242. The van der Waals surface area contributed by atoms with Gasteiger partial charge in [0.2, 0.25) is 0 Å². The molecule has 4 nitrogen and oxygen atoms in total. The summed E-state index contributed by atoms with van der Waals surface area (Å²) in [4.78, 5) is 22.0. The van der Waals surface area contributed by atoms with Crippen LogP contribution < -0.4 is 39.4 Å². The Labute approximate surface area is 147 Å². The zero-order valence-corrected chi connectivity index (χ0v) is 13.9. The normalized spacial score (nSPS) is 9.77. The zero-order valence-electron chi connectivity index (χ0n) is 11.9. The molecule has 0 fully saturated rings. The van der Waals surface area contributed by atoms with Crippen LogP contribution >= 0.6 is 0 Å². The van der Waals surface area contributed by atoms with Crippen molar-refractivity contribution in [2.24, 2.45) is 0 Å². The topological polar surface area (TPSA) is 66.4 Å². The van der Waals surface area contributed by atoms with Crippen molar-refractivity contribution >= 4 is 11.9 Å². The van der Waals surface area contributed by atoms with Gasteiger partial charge in [0.25, 0.3) is 0 Å². The molecule has 0 N–H and O–H groups in total. The zero-order chi connectivity index (χ0) is 15.6. The molecule has 0 atom stereocenters. The van der Waals surface area contributed by atoms with Crippen molar-refractivity contribution in [2.45, 2.75) is 6.92 Å². The van der Waals surface area contributed by atoms with Gasteiger partial charge in [-0.3, -0.25) is 4.79 Å². The average Bonchev–Trinajstić information content (AvgIpc) is 2.38. The SMILES string of the molecule is CC(=O)Oc1ccc(-c2ccc(F)cc2F)cc1C(=O)[O-].[Na+]. The van der Waals surface area contributed by atoms with Gasteiger partial charge in [-0.1, -0.05) is 6.07 Å². The van der Waals surface area contributed by atoms with Crippen LogP contribution in [-0.2, 0) is 4.79 Å². The molecule has 0 bridgehead atoms. The number of carboxylic acids is 1. The molecular weight excluding hydrogens is 305 g/mol. The maximum absolute atomic E-state index is 13.7. The van der Waals surface area contributed by atoms with E-state index in [0.29, 0.717) is 6.07 Å². The summed E-state index contributed by atoms with van der Waals surface area (Å²) in [6.45, 7) is 1.12. The first-order valence-corrected chi connectivity index (χ1v) is 5.87. The van der Waals surface area contributed by atoms with Gasteiger partial charge >= 0.3 is 35.5 Å². The standard InChI is InChI=1S/C15H10F2O4.Na/c1-8(18)21-14-5-2-9(6-12(14)15(19)20)11-4-3-10(16)7-13(11)17;/h2-7H,1H3,(H,19,20);/q;+1/p-1. The molecule has 0 saturated heterocycles. The van der Waals surface area contributed by atoms with E-state index in [0.717, 1.165) is 19.1 Å². The predicted molar refractivity (Wildman–Crippen MR) is 67.4 cm³/mol. The number of carboxylic acid groups (broad SMARTS) is 1. The van der Waals surface area contributed by atoms with Crippen LogP contribution in [0, 0.1) is 11.6 Å². The second-order valence-electron chi connectivity index (χ2n) is 4.22. The van der Waals surface area contributed by atoms with Crippen LogP contribution in [0.5, 0.6) is 5.75 Å². The largest absolute Gasteiger partial charge is 1.00 e. The number of ether oxygens (including phenoxy) is 1. The molecule has 7 heteroatoms. The molecule has 0 unspecified atom stereocenters. The number of rotatable bonds is 3. The molecule has 0 aromatic heterocycles. The van der Waals surface area contributed by atoms with Gasteiger partial charge in [0, 0.05) is 24.1 Å². The molecule has 0 aliphatic rings.